The van der Waals surface area contributed by atoms with E-state index in [1.54, 1.807) is 0 Å². The first kappa shape index (κ1) is 54.6. The number of halogens is 26. The lowest BCUT2D eigenvalue weighted by Gasteiger charge is -2.43. The molecule has 0 saturated carbocycles. The van der Waals surface area contributed by atoms with Crippen molar-refractivity contribution in [2.45, 2.75) is 96.6 Å². The molecule has 2 N–H and O–H groups in total. The van der Waals surface area contributed by atoms with Crippen LogP contribution in [0.2, 0.25) is 0 Å². The van der Waals surface area contributed by atoms with Crippen LogP contribution in [0.1, 0.15) is 13.3 Å². The molecule has 0 amide bonds. The van der Waals surface area contributed by atoms with Crippen molar-refractivity contribution in [1.29, 1.82) is 0 Å². The van der Waals surface area contributed by atoms with Crippen LogP contribution in [-0.2, 0) is 19.1 Å². The van der Waals surface area contributed by atoms with Gasteiger partial charge in [-0.2, -0.15) is 105 Å². The van der Waals surface area contributed by atoms with Gasteiger partial charge in [0.05, 0.1) is 6.10 Å². The number of ether oxygens (including phenoxy) is 2. The zero-order valence-electron chi connectivity index (χ0n) is 26.1. The molecule has 56 heavy (non-hydrogen) atoms. The molecule has 6 nitrogen and oxygen atoms in total. The number of alkyl halides is 26. The molecule has 0 aliphatic rings. The molecule has 0 spiro atoms. The highest BCUT2D eigenvalue weighted by molar-refractivity contribution is 5.81. The van der Waals surface area contributed by atoms with Crippen LogP contribution in [0.4, 0.5) is 114 Å². The van der Waals surface area contributed by atoms with Gasteiger partial charge in [-0.25, -0.2) is 18.4 Å². The second kappa shape index (κ2) is 16.0. The molecular formula is C24H18F26O6. The molecule has 0 heterocycles. The number of aliphatic hydroxyl groups excluding tert-OH is 1. The number of rotatable bonds is 15. The summed E-state index contributed by atoms with van der Waals surface area (Å²) in [4.78, 5) is 21.2. The van der Waals surface area contributed by atoms with Gasteiger partial charge in [-0.15, -0.1) is 0 Å². The highest BCUT2D eigenvalue weighted by atomic mass is 19.4. The van der Waals surface area contributed by atoms with Gasteiger partial charge in [-0.1, -0.05) is 13.2 Å². The SMILES string of the molecule is C=CC(=O)OCC(C)(O)C(F)(F)C(F)(F)C(F)(C(F)(F)F)C(F)(F)F.C=CC(=O)OCC(O)CC(F)(F)C(F)(F)C(F)(F)C(F)(F)C(F)(C(F)(F)F)C(F)(F)F. The minimum absolute atomic E-state index is 0.261. The molecule has 332 valence electrons. The number of hydrogen-bond acceptors (Lipinski definition) is 6. The maximum absolute atomic E-state index is 13.6. The maximum Gasteiger partial charge on any atom is 0.438 e. The largest absolute Gasteiger partial charge is 0.460 e. The summed E-state index contributed by atoms with van der Waals surface area (Å²) < 4.78 is 344. The van der Waals surface area contributed by atoms with Crippen molar-refractivity contribution in [2.75, 3.05) is 13.2 Å². The number of carbonyl (C=O) groups is 2. The van der Waals surface area contributed by atoms with Crippen LogP contribution in [-0.4, -0.2) is 119 Å². The average Bonchev–Trinajstić information content (AvgIpc) is 2.98. The van der Waals surface area contributed by atoms with Crippen LogP contribution in [0.5, 0.6) is 0 Å². The summed E-state index contributed by atoms with van der Waals surface area (Å²) in [6, 6.07) is 0. The molecule has 0 aliphatic carbocycles. The lowest BCUT2D eigenvalue weighted by molar-refractivity contribution is -0.457. The molecule has 2 unspecified atom stereocenters. The molecule has 32 heteroatoms. The monoisotopic (exact) mass is 896 g/mol. The molecule has 0 rings (SSSR count). The normalized spacial score (nSPS) is 16.5. The Kier molecular flexibility index (Phi) is 15.7. The molecule has 0 fully saturated rings. The van der Waals surface area contributed by atoms with Crippen LogP contribution in [0.3, 0.4) is 0 Å². The quantitative estimate of drug-likeness (QED) is 0.0976. The van der Waals surface area contributed by atoms with E-state index in [0.29, 0.717) is 6.08 Å². The van der Waals surface area contributed by atoms with Crippen LogP contribution < -0.4 is 0 Å². The minimum atomic E-state index is -8.52. The first-order valence-corrected chi connectivity index (χ1v) is 13.0. The van der Waals surface area contributed by atoms with Crippen LogP contribution in [0.25, 0.3) is 0 Å². The zero-order chi connectivity index (χ0) is 46.2. The van der Waals surface area contributed by atoms with E-state index in [1.807, 2.05) is 0 Å². The van der Waals surface area contributed by atoms with Gasteiger partial charge in [0.25, 0.3) is 0 Å². The first-order valence-electron chi connectivity index (χ1n) is 13.0. The van der Waals surface area contributed by atoms with E-state index in [1.165, 1.54) is 0 Å². The van der Waals surface area contributed by atoms with Crippen LogP contribution in [0, 0.1) is 0 Å². The van der Waals surface area contributed by atoms with Crippen molar-refractivity contribution in [3.05, 3.63) is 25.3 Å². The molecule has 0 aliphatic heterocycles. The van der Waals surface area contributed by atoms with Gasteiger partial charge in [0, 0.05) is 18.6 Å². The van der Waals surface area contributed by atoms with Crippen molar-refractivity contribution < 1.29 is 143 Å². The van der Waals surface area contributed by atoms with Gasteiger partial charge in [0.1, 0.15) is 13.2 Å². The molecule has 0 aromatic rings. The highest BCUT2D eigenvalue weighted by Gasteiger charge is 2.96. The minimum Gasteiger partial charge on any atom is -0.460 e. The number of hydrogen-bond donors (Lipinski definition) is 2. The maximum atomic E-state index is 13.6. The second-order valence-electron chi connectivity index (χ2n) is 10.7. The van der Waals surface area contributed by atoms with E-state index >= 15 is 0 Å². The lowest BCUT2D eigenvalue weighted by Crippen LogP contribution is -2.75. The fourth-order valence-electron chi connectivity index (χ4n) is 3.31. The Morgan fingerprint density at radius 1 is 0.518 bits per heavy atom. The third-order valence-corrected chi connectivity index (χ3v) is 6.49. The van der Waals surface area contributed by atoms with Gasteiger partial charge in [-0.3, -0.25) is 0 Å². The number of carbonyl (C=O) groups excluding carboxylic acids is 2. The van der Waals surface area contributed by atoms with Crippen molar-refractivity contribution >= 4 is 11.9 Å². The van der Waals surface area contributed by atoms with E-state index in [4.69, 9.17) is 5.11 Å². The number of aliphatic hydroxyl groups is 2. The Hall–Kier alpha value is -3.48. The Bertz CT molecular complexity index is 1360. The molecule has 2 atom stereocenters. The standard InChI is InChI=1S/C13H9F15O3.C11H9F11O3/c1-2-6(30)31-4-5(29)3-7(14,15)9(17,18)11(21,22)10(19,20)8(16,12(23,24)25)13(26,27)28;1-3-5(23)25-4-6(2,24)8(13,14)9(15,16)7(12,10(17,18)19)11(20,21)22/h2,5,29H,1,3-4H2;3,24H,1,4H2,2H3. The summed E-state index contributed by atoms with van der Waals surface area (Å²) in [5.41, 5.74) is -20.6. The van der Waals surface area contributed by atoms with Gasteiger partial charge in [-0.05, 0) is 6.92 Å². The summed E-state index contributed by atoms with van der Waals surface area (Å²) in [5.74, 6) is -48.6. The van der Waals surface area contributed by atoms with Crippen molar-refractivity contribution in [1.82, 2.24) is 0 Å². The fraction of sp³-hybridized carbons (Fsp3) is 0.750. The summed E-state index contributed by atoms with van der Waals surface area (Å²) in [5, 5.41) is 18.2. The Labute approximate surface area is 291 Å². The van der Waals surface area contributed by atoms with E-state index in [-0.39, 0.29) is 13.0 Å². The fourth-order valence-corrected chi connectivity index (χ4v) is 3.31. The zero-order valence-corrected chi connectivity index (χ0v) is 26.1. The molecule has 0 aromatic heterocycles. The Morgan fingerprint density at radius 3 is 1.09 bits per heavy atom. The molecule has 0 radical (unpaired) electrons. The molecule has 0 aromatic carbocycles. The van der Waals surface area contributed by atoms with Crippen molar-refractivity contribution in [3.63, 3.8) is 0 Å². The van der Waals surface area contributed by atoms with Crippen LogP contribution >= 0.6 is 0 Å². The number of esters is 2. The van der Waals surface area contributed by atoms with Crippen molar-refractivity contribution in [3.8, 4) is 0 Å². The first-order chi connectivity index (χ1) is 24.1. The summed E-state index contributed by atoms with van der Waals surface area (Å²) >= 11 is 0. The van der Waals surface area contributed by atoms with E-state index in [2.05, 4.69) is 22.6 Å². The molecule has 0 bridgehead atoms. The highest BCUT2D eigenvalue weighted by Crippen LogP contribution is 2.64. The smallest absolute Gasteiger partial charge is 0.438 e. The summed E-state index contributed by atoms with van der Waals surface area (Å²) in [6.45, 7) is 1.23. The van der Waals surface area contributed by atoms with E-state index in [0.717, 1.165) is 0 Å². The molecular weight excluding hydrogens is 878 g/mol. The third-order valence-electron chi connectivity index (χ3n) is 6.49. The van der Waals surface area contributed by atoms with E-state index in [9.17, 15) is 129 Å². The van der Waals surface area contributed by atoms with Crippen LogP contribution in [0.15, 0.2) is 25.3 Å². The average molecular weight is 896 g/mol. The second-order valence-corrected chi connectivity index (χ2v) is 10.7. The third kappa shape index (κ3) is 9.28. The van der Waals surface area contributed by atoms with Gasteiger partial charge in [0.15, 0.2) is 5.60 Å². The van der Waals surface area contributed by atoms with Crippen molar-refractivity contribution in [2.24, 2.45) is 0 Å². The Balaban J connectivity index is 0. The predicted octanol–water partition coefficient (Wildman–Crippen LogP) is 8.41. The summed E-state index contributed by atoms with van der Waals surface area (Å²) in [6.07, 6.45) is -36.6. The molecule has 0 saturated heterocycles. The van der Waals surface area contributed by atoms with E-state index < -0.39 is 115 Å². The Morgan fingerprint density at radius 2 is 0.804 bits per heavy atom. The predicted molar refractivity (Wildman–Crippen MR) is 125 cm³/mol. The topological polar surface area (TPSA) is 93.1 Å². The van der Waals surface area contributed by atoms with Gasteiger partial charge < -0.3 is 19.7 Å². The summed E-state index contributed by atoms with van der Waals surface area (Å²) in [7, 11) is 0. The van der Waals surface area contributed by atoms with Gasteiger partial charge in [0.2, 0.25) is 0 Å². The lowest BCUT2D eigenvalue weighted by atomic mass is 9.83. The van der Waals surface area contributed by atoms with Gasteiger partial charge >= 0.3 is 83.5 Å².